The third kappa shape index (κ3) is 4.48. The molecule has 1 aromatic carbocycles. The van der Waals surface area contributed by atoms with Gasteiger partial charge in [0.2, 0.25) is 0 Å². The Morgan fingerprint density at radius 3 is 1.88 bits per heavy atom. The molecule has 0 radical (unpaired) electrons. The summed E-state index contributed by atoms with van der Waals surface area (Å²) in [5.74, 6) is 2.99. The molecule has 0 spiro atoms. The number of aromatic hydroxyl groups is 1. The van der Waals surface area contributed by atoms with Crippen molar-refractivity contribution >= 4 is 10.9 Å². The van der Waals surface area contributed by atoms with Crippen LogP contribution in [-0.2, 0) is 10.9 Å². The van der Waals surface area contributed by atoms with Crippen LogP contribution in [0, 0.1) is 0 Å². The van der Waals surface area contributed by atoms with E-state index < -0.39 is 0 Å². The number of unbranched alkanes of at least 4 members (excludes halogenated alkanes) is 2. The summed E-state index contributed by atoms with van der Waals surface area (Å²) in [7, 11) is 0.393. The predicted molar refractivity (Wildman–Crippen MR) is 73.3 cm³/mol. The van der Waals surface area contributed by atoms with E-state index in [1.165, 1.54) is 42.1 Å². The Morgan fingerprint density at radius 2 is 1.44 bits per heavy atom. The highest BCUT2D eigenvalue weighted by Crippen LogP contribution is 2.20. The first-order valence-electron chi connectivity index (χ1n) is 6.24. The molecular formula is C14H23OS+. The molecule has 0 unspecified atom stereocenters. The average Bonchev–Trinajstić information content (AvgIpc) is 2.31. The Bertz CT molecular complexity index is 273. The van der Waals surface area contributed by atoms with E-state index in [0.29, 0.717) is 16.6 Å². The van der Waals surface area contributed by atoms with Crippen molar-refractivity contribution in [1.82, 2.24) is 0 Å². The van der Waals surface area contributed by atoms with Gasteiger partial charge in [0.05, 0.1) is 0 Å². The van der Waals surface area contributed by atoms with Crippen LogP contribution in [0.2, 0.25) is 0 Å². The van der Waals surface area contributed by atoms with Gasteiger partial charge in [-0.15, -0.1) is 0 Å². The molecular weight excluding hydrogens is 216 g/mol. The number of benzene rings is 1. The summed E-state index contributed by atoms with van der Waals surface area (Å²) in [5, 5.41) is 9.29. The predicted octanol–water partition coefficient (Wildman–Crippen LogP) is 3.97. The van der Waals surface area contributed by atoms with E-state index in [0.717, 1.165) is 0 Å². The molecule has 0 atom stereocenters. The van der Waals surface area contributed by atoms with Gasteiger partial charge in [0.1, 0.15) is 17.3 Å². The number of hydrogen-bond acceptors (Lipinski definition) is 1. The maximum Gasteiger partial charge on any atom is 0.155 e. The third-order valence-electron chi connectivity index (χ3n) is 2.66. The lowest BCUT2D eigenvalue weighted by atomic mass is 10.3. The zero-order chi connectivity index (χ0) is 11.8. The highest BCUT2D eigenvalue weighted by Gasteiger charge is 2.19. The zero-order valence-corrected chi connectivity index (χ0v) is 11.2. The molecule has 0 saturated heterocycles. The van der Waals surface area contributed by atoms with E-state index in [4.69, 9.17) is 0 Å². The molecule has 0 aliphatic rings. The normalized spacial score (nSPS) is 10.9. The van der Waals surface area contributed by atoms with E-state index >= 15 is 0 Å². The van der Waals surface area contributed by atoms with Crippen LogP contribution in [0.1, 0.15) is 39.5 Å². The topological polar surface area (TPSA) is 20.2 Å². The standard InChI is InChI=1S/C14H22OS/c1-3-5-11-16(12-6-4-2)14-9-7-13(15)8-10-14/h7-10H,3-6,11-12H2,1-2H3/p+1. The summed E-state index contributed by atoms with van der Waals surface area (Å²) in [6, 6.07) is 7.80. The highest BCUT2D eigenvalue weighted by atomic mass is 32.2. The lowest BCUT2D eigenvalue weighted by Gasteiger charge is -2.07. The van der Waals surface area contributed by atoms with Crippen LogP contribution < -0.4 is 0 Å². The van der Waals surface area contributed by atoms with Gasteiger partial charge in [-0.25, -0.2) is 0 Å². The molecule has 1 N–H and O–H groups in total. The summed E-state index contributed by atoms with van der Waals surface area (Å²) >= 11 is 0. The van der Waals surface area contributed by atoms with Gasteiger partial charge in [0.15, 0.2) is 4.90 Å². The first kappa shape index (κ1) is 13.4. The molecule has 16 heavy (non-hydrogen) atoms. The summed E-state index contributed by atoms with van der Waals surface area (Å²) in [6.45, 7) is 4.50. The van der Waals surface area contributed by atoms with Gasteiger partial charge < -0.3 is 5.11 Å². The van der Waals surface area contributed by atoms with Crippen LogP contribution in [0.3, 0.4) is 0 Å². The van der Waals surface area contributed by atoms with Crippen molar-refractivity contribution in [2.45, 2.75) is 44.4 Å². The van der Waals surface area contributed by atoms with E-state index in [1.54, 1.807) is 0 Å². The number of phenolic OH excluding ortho intramolecular Hbond substituents is 1. The van der Waals surface area contributed by atoms with E-state index in [1.807, 2.05) is 12.1 Å². The molecule has 0 fully saturated rings. The highest BCUT2D eigenvalue weighted by molar-refractivity contribution is 7.96. The van der Waals surface area contributed by atoms with Crippen molar-refractivity contribution in [3.05, 3.63) is 24.3 Å². The molecule has 0 aromatic heterocycles. The van der Waals surface area contributed by atoms with Crippen molar-refractivity contribution in [3.8, 4) is 5.75 Å². The molecule has 90 valence electrons. The third-order valence-corrected chi connectivity index (χ3v) is 5.16. The second-order valence-corrected chi connectivity index (χ2v) is 6.38. The van der Waals surface area contributed by atoms with Gasteiger partial charge in [-0.05, 0) is 37.1 Å². The Labute approximate surface area is 102 Å². The fourth-order valence-electron chi connectivity index (χ4n) is 1.61. The molecule has 0 aliphatic heterocycles. The Morgan fingerprint density at radius 1 is 0.938 bits per heavy atom. The van der Waals surface area contributed by atoms with Gasteiger partial charge >= 0.3 is 0 Å². The van der Waals surface area contributed by atoms with Crippen molar-refractivity contribution in [3.63, 3.8) is 0 Å². The summed E-state index contributed by atoms with van der Waals surface area (Å²) in [6.07, 6.45) is 5.17. The molecule has 0 aliphatic carbocycles. The largest absolute Gasteiger partial charge is 0.508 e. The van der Waals surface area contributed by atoms with Crippen molar-refractivity contribution in [1.29, 1.82) is 0 Å². The lowest BCUT2D eigenvalue weighted by Crippen LogP contribution is -2.12. The van der Waals surface area contributed by atoms with Crippen LogP contribution in [0.4, 0.5) is 0 Å². The number of phenols is 1. The van der Waals surface area contributed by atoms with Gasteiger partial charge in [0.25, 0.3) is 0 Å². The fraction of sp³-hybridized carbons (Fsp3) is 0.571. The van der Waals surface area contributed by atoms with Crippen LogP contribution in [0.25, 0.3) is 0 Å². The van der Waals surface area contributed by atoms with Gasteiger partial charge in [0, 0.05) is 10.9 Å². The quantitative estimate of drug-likeness (QED) is 0.714. The number of rotatable bonds is 7. The van der Waals surface area contributed by atoms with E-state index in [2.05, 4.69) is 26.0 Å². The van der Waals surface area contributed by atoms with Crippen LogP contribution in [0.15, 0.2) is 29.2 Å². The molecule has 2 heteroatoms. The maximum absolute atomic E-state index is 9.29. The molecule has 0 amide bonds. The maximum atomic E-state index is 9.29. The molecule has 0 bridgehead atoms. The van der Waals surface area contributed by atoms with Crippen LogP contribution in [0.5, 0.6) is 5.75 Å². The minimum absolute atomic E-state index is 0.373. The molecule has 0 heterocycles. The SMILES string of the molecule is CCCC[S+](CCCC)c1ccc(O)cc1. The van der Waals surface area contributed by atoms with E-state index in [-0.39, 0.29) is 0 Å². The van der Waals surface area contributed by atoms with Crippen molar-refractivity contribution in [2.24, 2.45) is 0 Å². The second kappa shape index (κ2) is 7.61. The summed E-state index contributed by atoms with van der Waals surface area (Å²) in [5.41, 5.74) is 0. The van der Waals surface area contributed by atoms with Crippen molar-refractivity contribution in [2.75, 3.05) is 11.5 Å². The van der Waals surface area contributed by atoms with Gasteiger partial charge in [-0.3, -0.25) is 0 Å². The van der Waals surface area contributed by atoms with E-state index in [9.17, 15) is 5.11 Å². The van der Waals surface area contributed by atoms with Gasteiger partial charge in [-0.2, -0.15) is 0 Å². The second-order valence-electron chi connectivity index (χ2n) is 4.10. The molecule has 1 rings (SSSR count). The van der Waals surface area contributed by atoms with Crippen LogP contribution >= 0.6 is 0 Å². The Balaban J connectivity index is 2.62. The smallest absolute Gasteiger partial charge is 0.155 e. The summed E-state index contributed by atoms with van der Waals surface area (Å²) < 4.78 is 0. The Kier molecular flexibility index (Phi) is 6.39. The number of hydrogen-bond donors (Lipinski definition) is 1. The van der Waals surface area contributed by atoms with Crippen molar-refractivity contribution < 1.29 is 5.11 Å². The average molecular weight is 239 g/mol. The zero-order valence-electron chi connectivity index (χ0n) is 10.4. The Hall–Kier alpha value is -0.630. The first-order chi connectivity index (χ1) is 7.77. The molecule has 0 saturated carbocycles. The monoisotopic (exact) mass is 239 g/mol. The lowest BCUT2D eigenvalue weighted by molar-refractivity contribution is 0.475. The minimum atomic E-state index is 0.373. The molecule has 1 aromatic rings. The summed E-state index contributed by atoms with van der Waals surface area (Å²) in [4.78, 5) is 1.42. The minimum Gasteiger partial charge on any atom is -0.508 e. The van der Waals surface area contributed by atoms with Crippen LogP contribution in [-0.4, -0.2) is 16.6 Å². The van der Waals surface area contributed by atoms with Gasteiger partial charge in [-0.1, -0.05) is 26.7 Å². The molecule has 1 nitrogen and oxygen atoms in total. The fourth-order valence-corrected chi connectivity index (χ4v) is 4.08. The first-order valence-corrected chi connectivity index (χ1v) is 7.80.